The van der Waals surface area contributed by atoms with Crippen molar-refractivity contribution in [2.24, 2.45) is 0 Å². The zero-order valence-electron chi connectivity index (χ0n) is 19.3. The fourth-order valence-electron chi connectivity index (χ4n) is 3.59. The number of amides is 2. The molecule has 0 aliphatic heterocycles. The first-order valence-electron chi connectivity index (χ1n) is 11.1. The van der Waals surface area contributed by atoms with Crippen molar-refractivity contribution in [3.63, 3.8) is 0 Å². The van der Waals surface area contributed by atoms with Crippen LogP contribution in [0, 0.1) is 12.7 Å². The maximum Gasteiger partial charge on any atom is 0.261 e. The van der Waals surface area contributed by atoms with Crippen molar-refractivity contribution < 1.29 is 18.7 Å². The van der Waals surface area contributed by atoms with Crippen LogP contribution in [0.5, 0.6) is 5.75 Å². The van der Waals surface area contributed by atoms with E-state index in [1.807, 2.05) is 56.3 Å². The van der Waals surface area contributed by atoms with Crippen LogP contribution in [0.25, 0.3) is 0 Å². The van der Waals surface area contributed by atoms with Gasteiger partial charge in [0.15, 0.2) is 6.61 Å². The monoisotopic (exact) mass is 526 g/mol. The fraction of sp³-hybridized carbons (Fsp3) is 0.259. The number of hydrogen-bond acceptors (Lipinski definition) is 3. The summed E-state index contributed by atoms with van der Waals surface area (Å²) in [6, 6.07) is 20.3. The van der Waals surface area contributed by atoms with Crippen molar-refractivity contribution in [2.75, 3.05) is 13.2 Å². The first-order valence-corrected chi connectivity index (χ1v) is 11.9. The molecule has 3 aromatic carbocycles. The Morgan fingerprint density at radius 3 is 2.44 bits per heavy atom. The van der Waals surface area contributed by atoms with Crippen LogP contribution in [-0.4, -0.2) is 35.9 Å². The van der Waals surface area contributed by atoms with Crippen molar-refractivity contribution >= 4 is 27.7 Å². The Kier molecular flexibility index (Phi) is 9.22. The second kappa shape index (κ2) is 12.3. The van der Waals surface area contributed by atoms with Gasteiger partial charge in [-0.1, -0.05) is 64.5 Å². The molecule has 1 N–H and O–H groups in total. The molecule has 7 heteroatoms. The summed E-state index contributed by atoms with van der Waals surface area (Å²) in [7, 11) is 0. The zero-order valence-corrected chi connectivity index (χ0v) is 20.8. The molecule has 0 saturated heterocycles. The molecule has 0 aliphatic rings. The molecule has 0 fully saturated rings. The molecular formula is C27H28BrFN2O3. The lowest BCUT2D eigenvalue weighted by atomic mass is 10.0. The summed E-state index contributed by atoms with van der Waals surface area (Å²) in [5.74, 6) is -0.594. The first kappa shape index (κ1) is 25.4. The predicted octanol–water partition coefficient (Wildman–Crippen LogP) is 5.05. The van der Waals surface area contributed by atoms with E-state index in [2.05, 4.69) is 21.2 Å². The van der Waals surface area contributed by atoms with Gasteiger partial charge < -0.3 is 15.0 Å². The van der Waals surface area contributed by atoms with Crippen molar-refractivity contribution in [1.29, 1.82) is 0 Å². The van der Waals surface area contributed by atoms with Crippen molar-refractivity contribution in [2.45, 2.75) is 32.9 Å². The number of nitrogens with zero attached hydrogens (tertiary/aromatic N) is 1. The highest BCUT2D eigenvalue weighted by atomic mass is 79.9. The molecular weight excluding hydrogens is 499 g/mol. The number of likely N-dealkylation sites (N-methyl/N-ethyl adjacent to an activating group) is 1. The summed E-state index contributed by atoms with van der Waals surface area (Å²) in [5.41, 5.74) is 2.20. The topological polar surface area (TPSA) is 58.6 Å². The van der Waals surface area contributed by atoms with Gasteiger partial charge in [0.05, 0.1) is 0 Å². The van der Waals surface area contributed by atoms with E-state index < -0.39 is 17.8 Å². The third-order valence-corrected chi connectivity index (χ3v) is 6.30. The molecule has 3 rings (SSSR count). The SMILES string of the molecule is CCNC(=O)[C@@H](Cc1ccccc1)N(Cc1ccccc1F)C(=O)COc1ccc(Br)c(C)c1. The number of rotatable bonds is 10. The zero-order chi connectivity index (χ0) is 24.5. The molecule has 0 heterocycles. The lowest BCUT2D eigenvalue weighted by Gasteiger charge is -2.31. The van der Waals surface area contributed by atoms with Crippen LogP contribution in [0.3, 0.4) is 0 Å². The van der Waals surface area contributed by atoms with Gasteiger partial charge in [-0.05, 0) is 49.2 Å². The van der Waals surface area contributed by atoms with Crippen LogP contribution in [0.4, 0.5) is 4.39 Å². The van der Waals surface area contributed by atoms with Crippen LogP contribution in [0.15, 0.2) is 77.3 Å². The summed E-state index contributed by atoms with van der Waals surface area (Å²) >= 11 is 3.45. The van der Waals surface area contributed by atoms with E-state index in [1.165, 1.54) is 11.0 Å². The van der Waals surface area contributed by atoms with Crippen LogP contribution < -0.4 is 10.1 Å². The average molecular weight is 527 g/mol. The second-order valence-electron chi connectivity index (χ2n) is 7.91. The number of ether oxygens (including phenoxy) is 1. The lowest BCUT2D eigenvalue weighted by Crippen LogP contribution is -2.51. The van der Waals surface area contributed by atoms with Gasteiger partial charge in [0.25, 0.3) is 5.91 Å². The van der Waals surface area contributed by atoms with Crippen LogP contribution in [-0.2, 0) is 22.6 Å². The van der Waals surface area contributed by atoms with Crippen LogP contribution in [0.1, 0.15) is 23.6 Å². The van der Waals surface area contributed by atoms with E-state index >= 15 is 0 Å². The Morgan fingerprint density at radius 1 is 1.06 bits per heavy atom. The summed E-state index contributed by atoms with van der Waals surface area (Å²) < 4.78 is 21.2. The molecule has 1 atom stereocenters. The highest BCUT2D eigenvalue weighted by Crippen LogP contribution is 2.22. The standard InChI is InChI=1S/C27H28BrFN2O3/c1-3-30-27(33)25(16-20-9-5-4-6-10-20)31(17-21-11-7-8-12-24(21)29)26(32)18-34-22-13-14-23(28)19(2)15-22/h4-15,25H,3,16-18H2,1-2H3,(H,30,33)/t25-/m1/s1. The van der Waals surface area contributed by atoms with Gasteiger partial charge in [0.1, 0.15) is 17.6 Å². The highest BCUT2D eigenvalue weighted by Gasteiger charge is 2.31. The Morgan fingerprint density at radius 2 is 1.76 bits per heavy atom. The van der Waals surface area contributed by atoms with E-state index in [-0.39, 0.29) is 19.1 Å². The molecule has 34 heavy (non-hydrogen) atoms. The maximum absolute atomic E-state index is 14.5. The van der Waals surface area contributed by atoms with Gasteiger partial charge >= 0.3 is 0 Å². The molecule has 0 bridgehead atoms. The normalized spacial score (nSPS) is 11.5. The van der Waals surface area contributed by atoms with Gasteiger partial charge in [-0.25, -0.2) is 4.39 Å². The van der Waals surface area contributed by atoms with Gasteiger partial charge in [0, 0.05) is 29.5 Å². The summed E-state index contributed by atoms with van der Waals surface area (Å²) in [5, 5.41) is 2.82. The molecule has 2 amide bonds. The van der Waals surface area contributed by atoms with Crippen LogP contribution in [0.2, 0.25) is 0 Å². The lowest BCUT2D eigenvalue weighted by molar-refractivity contribution is -0.142. The first-order chi connectivity index (χ1) is 16.4. The minimum Gasteiger partial charge on any atom is -0.484 e. The second-order valence-corrected chi connectivity index (χ2v) is 8.77. The molecule has 3 aromatic rings. The fourth-order valence-corrected chi connectivity index (χ4v) is 3.84. The largest absolute Gasteiger partial charge is 0.484 e. The molecule has 0 unspecified atom stereocenters. The number of carbonyl (C=O) groups excluding carboxylic acids is 2. The predicted molar refractivity (Wildman–Crippen MR) is 134 cm³/mol. The van der Waals surface area contributed by atoms with E-state index in [0.29, 0.717) is 24.3 Å². The third kappa shape index (κ3) is 6.90. The molecule has 0 aromatic heterocycles. The summed E-state index contributed by atoms with van der Waals surface area (Å²) in [6.07, 6.45) is 0.296. The Labute approximate surface area is 208 Å². The van der Waals surface area contributed by atoms with E-state index in [1.54, 1.807) is 24.3 Å². The Hall–Kier alpha value is -3.19. The Bertz CT molecular complexity index is 1120. The molecule has 0 spiro atoms. The van der Waals surface area contributed by atoms with Gasteiger partial charge in [-0.3, -0.25) is 9.59 Å². The highest BCUT2D eigenvalue weighted by molar-refractivity contribution is 9.10. The minimum absolute atomic E-state index is 0.0527. The van der Waals surface area contributed by atoms with E-state index in [0.717, 1.165) is 15.6 Å². The average Bonchev–Trinajstić information content (AvgIpc) is 2.83. The van der Waals surface area contributed by atoms with Gasteiger partial charge in [-0.15, -0.1) is 0 Å². The minimum atomic E-state index is -0.829. The molecule has 0 aliphatic carbocycles. The number of nitrogens with one attached hydrogen (secondary N) is 1. The number of benzene rings is 3. The Balaban J connectivity index is 1.90. The third-order valence-electron chi connectivity index (χ3n) is 5.41. The molecule has 0 radical (unpaired) electrons. The molecule has 0 saturated carbocycles. The smallest absolute Gasteiger partial charge is 0.261 e. The number of halogens is 2. The van der Waals surface area contributed by atoms with E-state index in [4.69, 9.17) is 4.74 Å². The summed E-state index contributed by atoms with van der Waals surface area (Å²) in [4.78, 5) is 27.9. The number of aryl methyl sites for hydroxylation is 1. The number of carbonyl (C=O) groups is 2. The van der Waals surface area contributed by atoms with Gasteiger partial charge in [-0.2, -0.15) is 0 Å². The van der Waals surface area contributed by atoms with Crippen molar-refractivity contribution in [1.82, 2.24) is 10.2 Å². The molecule has 178 valence electrons. The van der Waals surface area contributed by atoms with Gasteiger partial charge in [0.2, 0.25) is 5.91 Å². The maximum atomic E-state index is 14.5. The van der Waals surface area contributed by atoms with Crippen molar-refractivity contribution in [3.8, 4) is 5.75 Å². The van der Waals surface area contributed by atoms with Crippen LogP contribution >= 0.6 is 15.9 Å². The molecule has 5 nitrogen and oxygen atoms in total. The number of hydrogen-bond donors (Lipinski definition) is 1. The summed E-state index contributed by atoms with van der Waals surface area (Å²) in [6.45, 7) is 3.83. The van der Waals surface area contributed by atoms with Crippen molar-refractivity contribution in [3.05, 3.63) is 99.8 Å². The van der Waals surface area contributed by atoms with E-state index in [9.17, 15) is 14.0 Å². The quantitative estimate of drug-likeness (QED) is 0.402.